The minimum Gasteiger partial charge on any atom is -0.369 e. The first kappa shape index (κ1) is 18.2. The summed E-state index contributed by atoms with van der Waals surface area (Å²) in [5.74, 6) is 0.545. The zero-order valence-corrected chi connectivity index (χ0v) is 15.3. The topological polar surface area (TPSA) is 81.0 Å². The molecule has 1 fully saturated rings. The SMILES string of the molecule is CCNC(=O)CNC1CC(C)CN(c2ccc(C#N)c3ncccc23)C1. The summed E-state index contributed by atoms with van der Waals surface area (Å²) < 4.78 is 0. The predicted octanol–water partition coefficient (Wildman–Crippen LogP) is 2.05. The lowest BCUT2D eigenvalue weighted by molar-refractivity contribution is -0.120. The van der Waals surface area contributed by atoms with Crippen LogP contribution in [0.25, 0.3) is 10.9 Å². The van der Waals surface area contributed by atoms with Gasteiger partial charge in [-0.05, 0) is 43.5 Å². The summed E-state index contributed by atoms with van der Waals surface area (Å²) in [5.41, 5.74) is 2.45. The summed E-state index contributed by atoms with van der Waals surface area (Å²) in [4.78, 5) is 18.5. The molecule has 0 saturated carbocycles. The number of rotatable bonds is 5. The van der Waals surface area contributed by atoms with E-state index in [1.54, 1.807) is 6.20 Å². The maximum Gasteiger partial charge on any atom is 0.233 e. The van der Waals surface area contributed by atoms with Crippen molar-refractivity contribution in [3.8, 4) is 6.07 Å². The van der Waals surface area contributed by atoms with E-state index in [4.69, 9.17) is 0 Å². The third-order valence-electron chi connectivity index (χ3n) is 4.79. The third kappa shape index (κ3) is 3.94. The fraction of sp³-hybridized carbons (Fsp3) is 0.450. The number of anilines is 1. The van der Waals surface area contributed by atoms with Gasteiger partial charge >= 0.3 is 0 Å². The van der Waals surface area contributed by atoms with Crippen LogP contribution in [0.3, 0.4) is 0 Å². The maximum absolute atomic E-state index is 11.7. The van der Waals surface area contributed by atoms with Crippen molar-refractivity contribution in [2.24, 2.45) is 5.92 Å². The molecule has 3 rings (SSSR count). The van der Waals surface area contributed by atoms with Gasteiger partial charge in [0.2, 0.25) is 5.91 Å². The van der Waals surface area contributed by atoms with E-state index in [0.717, 1.165) is 36.1 Å². The minimum absolute atomic E-state index is 0.0327. The number of hydrogen-bond acceptors (Lipinski definition) is 5. The van der Waals surface area contributed by atoms with E-state index < -0.39 is 0 Å². The molecule has 0 spiro atoms. The third-order valence-corrected chi connectivity index (χ3v) is 4.79. The van der Waals surface area contributed by atoms with E-state index in [1.165, 1.54) is 0 Å². The van der Waals surface area contributed by atoms with Gasteiger partial charge in [0, 0.05) is 42.9 Å². The van der Waals surface area contributed by atoms with Crippen LogP contribution in [-0.4, -0.2) is 43.1 Å². The first-order valence-corrected chi connectivity index (χ1v) is 9.15. The molecule has 2 atom stereocenters. The molecule has 1 aromatic carbocycles. The Hall–Kier alpha value is -2.65. The second-order valence-electron chi connectivity index (χ2n) is 6.92. The van der Waals surface area contributed by atoms with Gasteiger partial charge in [-0.2, -0.15) is 5.26 Å². The van der Waals surface area contributed by atoms with Crippen molar-refractivity contribution >= 4 is 22.5 Å². The lowest BCUT2D eigenvalue weighted by Crippen LogP contribution is -2.51. The van der Waals surface area contributed by atoms with Crippen LogP contribution >= 0.6 is 0 Å². The standard InChI is InChI=1S/C20H25N5O/c1-3-22-19(26)11-24-16-9-14(2)12-25(13-16)18-7-6-15(10-21)20-17(18)5-4-8-23-20/h4-8,14,16,24H,3,9,11-13H2,1-2H3,(H,22,26). The Balaban J connectivity index is 1.81. The number of hydrogen-bond donors (Lipinski definition) is 2. The summed E-state index contributed by atoms with van der Waals surface area (Å²) in [7, 11) is 0. The van der Waals surface area contributed by atoms with Crippen LogP contribution in [0.4, 0.5) is 5.69 Å². The van der Waals surface area contributed by atoms with Gasteiger partial charge in [-0.1, -0.05) is 6.92 Å². The quantitative estimate of drug-likeness (QED) is 0.862. The van der Waals surface area contributed by atoms with Gasteiger partial charge in [-0.15, -0.1) is 0 Å². The normalized spacial score (nSPS) is 20.0. The molecular weight excluding hydrogens is 326 g/mol. The van der Waals surface area contributed by atoms with Gasteiger partial charge in [0.05, 0.1) is 17.6 Å². The molecule has 2 unspecified atom stereocenters. The number of nitrogens with one attached hydrogen (secondary N) is 2. The Labute approximate surface area is 154 Å². The highest BCUT2D eigenvalue weighted by Gasteiger charge is 2.26. The zero-order valence-electron chi connectivity index (χ0n) is 15.3. The van der Waals surface area contributed by atoms with Gasteiger partial charge in [0.1, 0.15) is 6.07 Å². The van der Waals surface area contributed by atoms with Gasteiger partial charge in [-0.3, -0.25) is 9.78 Å². The van der Waals surface area contributed by atoms with Crippen LogP contribution in [-0.2, 0) is 4.79 Å². The largest absolute Gasteiger partial charge is 0.369 e. The van der Waals surface area contributed by atoms with Gasteiger partial charge in [0.25, 0.3) is 0 Å². The van der Waals surface area contributed by atoms with Crippen molar-refractivity contribution in [1.82, 2.24) is 15.6 Å². The van der Waals surface area contributed by atoms with E-state index in [0.29, 0.717) is 24.6 Å². The van der Waals surface area contributed by atoms with Crippen LogP contribution in [0.2, 0.25) is 0 Å². The van der Waals surface area contributed by atoms with E-state index in [2.05, 4.69) is 33.5 Å². The number of pyridine rings is 1. The Morgan fingerprint density at radius 2 is 2.23 bits per heavy atom. The number of fused-ring (bicyclic) bond motifs is 1. The van der Waals surface area contributed by atoms with Gasteiger partial charge in [0.15, 0.2) is 0 Å². The Morgan fingerprint density at radius 1 is 1.38 bits per heavy atom. The highest BCUT2D eigenvalue weighted by molar-refractivity contribution is 5.95. The molecule has 136 valence electrons. The average molecular weight is 351 g/mol. The van der Waals surface area contributed by atoms with Gasteiger partial charge < -0.3 is 15.5 Å². The molecule has 2 aromatic rings. The Bertz CT molecular complexity index is 829. The van der Waals surface area contributed by atoms with E-state index in [9.17, 15) is 10.1 Å². The molecule has 1 aromatic heterocycles. The number of likely N-dealkylation sites (N-methyl/N-ethyl adjacent to an activating group) is 1. The fourth-order valence-corrected chi connectivity index (χ4v) is 3.72. The lowest BCUT2D eigenvalue weighted by atomic mass is 9.94. The van der Waals surface area contributed by atoms with Crippen molar-refractivity contribution in [3.05, 3.63) is 36.0 Å². The molecule has 1 amide bonds. The minimum atomic E-state index is 0.0327. The number of aromatic nitrogens is 1. The van der Waals surface area contributed by atoms with Crippen LogP contribution < -0.4 is 15.5 Å². The van der Waals surface area contributed by atoms with Crippen molar-refractivity contribution in [1.29, 1.82) is 5.26 Å². The van der Waals surface area contributed by atoms with Crippen LogP contribution in [0.5, 0.6) is 0 Å². The second-order valence-corrected chi connectivity index (χ2v) is 6.92. The molecule has 1 aliphatic rings. The summed E-state index contributed by atoms with van der Waals surface area (Å²) in [5, 5.41) is 16.5. The Kier molecular flexibility index (Phi) is 5.69. The molecular formula is C20H25N5O. The molecule has 26 heavy (non-hydrogen) atoms. The summed E-state index contributed by atoms with van der Waals surface area (Å²) in [6, 6.07) is 10.3. The first-order chi connectivity index (χ1) is 12.6. The van der Waals surface area contributed by atoms with E-state index in [1.807, 2.05) is 31.2 Å². The number of nitrogens with zero attached hydrogens (tertiary/aromatic N) is 3. The monoisotopic (exact) mass is 351 g/mol. The summed E-state index contributed by atoms with van der Waals surface area (Å²) >= 11 is 0. The summed E-state index contributed by atoms with van der Waals surface area (Å²) in [6.07, 6.45) is 2.77. The molecule has 2 N–H and O–H groups in total. The maximum atomic E-state index is 11.7. The first-order valence-electron chi connectivity index (χ1n) is 9.15. The van der Waals surface area contributed by atoms with Crippen molar-refractivity contribution in [2.75, 3.05) is 31.1 Å². The van der Waals surface area contributed by atoms with Crippen molar-refractivity contribution in [2.45, 2.75) is 26.3 Å². The van der Waals surface area contributed by atoms with Crippen LogP contribution in [0.1, 0.15) is 25.8 Å². The Morgan fingerprint density at radius 3 is 3.00 bits per heavy atom. The lowest BCUT2D eigenvalue weighted by Gasteiger charge is -2.38. The molecule has 2 heterocycles. The van der Waals surface area contributed by atoms with Crippen LogP contribution in [0, 0.1) is 17.2 Å². The number of benzene rings is 1. The molecule has 0 radical (unpaired) electrons. The van der Waals surface area contributed by atoms with Crippen molar-refractivity contribution < 1.29 is 4.79 Å². The molecule has 6 heteroatoms. The second kappa shape index (κ2) is 8.15. The van der Waals surface area contributed by atoms with Gasteiger partial charge in [-0.25, -0.2) is 0 Å². The molecule has 0 bridgehead atoms. The fourth-order valence-electron chi connectivity index (χ4n) is 3.72. The highest BCUT2D eigenvalue weighted by Crippen LogP contribution is 2.31. The van der Waals surface area contributed by atoms with E-state index >= 15 is 0 Å². The molecule has 1 saturated heterocycles. The van der Waals surface area contributed by atoms with Crippen molar-refractivity contribution in [3.63, 3.8) is 0 Å². The molecule has 6 nitrogen and oxygen atoms in total. The predicted molar refractivity (Wildman–Crippen MR) is 103 cm³/mol. The number of carbonyl (C=O) groups is 1. The number of carbonyl (C=O) groups excluding carboxylic acids is 1. The number of nitriles is 1. The summed E-state index contributed by atoms with van der Waals surface area (Å²) in [6.45, 7) is 6.94. The smallest absolute Gasteiger partial charge is 0.233 e. The zero-order chi connectivity index (χ0) is 18.5. The van der Waals surface area contributed by atoms with Crippen LogP contribution in [0.15, 0.2) is 30.5 Å². The molecule has 1 aliphatic heterocycles. The number of amides is 1. The number of piperidine rings is 1. The highest BCUT2D eigenvalue weighted by atomic mass is 16.1. The van der Waals surface area contributed by atoms with E-state index in [-0.39, 0.29) is 11.9 Å². The average Bonchev–Trinajstić information content (AvgIpc) is 2.65. The molecule has 0 aliphatic carbocycles.